The number of amides is 1. The molecule has 6 nitrogen and oxygen atoms in total. The number of carbonyl (C=O) groups is 1. The van der Waals surface area contributed by atoms with E-state index in [1.165, 1.54) is 0 Å². The highest BCUT2D eigenvalue weighted by Crippen LogP contribution is 2.31. The molecule has 0 saturated carbocycles. The van der Waals surface area contributed by atoms with E-state index < -0.39 is 5.79 Å². The van der Waals surface area contributed by atoms with Crippen LogP contribution in [0.15, 0.2) is 42.6 Å². The maximum atomic E-state index is 12.8. The topological polar surface area (TPSA) is 63.7 Å². The van der Waals surface area contributed by atoms with Gasteiger partial charge in [-0.25, -0.2) is 0 Å². The van der Waals surface area contributed by atoms with Gasteiger partial charge in [0, 0.05) is 49.4 Å². The van der Waals surface area contributed by atoms with Crippen LogP contribution in [0.1, 0.15) is 28.9 Å². The van der Waals surface area contributed by atoms with Gasteiger partial charge in [0.2, 0.25) is 0 Å². The summed E-state index contributed by atoms with van der Waals surface area (Å²) >= 11 is 6.19. The van der Waals surface area contributed by atoms with Crippen molar-refractivity contribution in [3.8, 4) is 0 Å². The van der Waals surface area contributed by atoms with Crippen LogP contribution in [0, 0.1) is 0 Å². The van der Waals surface area contributed by atoms with Crippen LogP contribution in [0.4, 0.5) is 5.69 Å². The Balaban J connectivity index is 1.38. The highest BCUT2D eigenvalue weighted by Gasteiger charge is 2.41. The zero-order valence-electron chi connectivity index (χ0n) is 15.0. The molecule has 1 aromatic carbocycles. The molecule has 0 atom stereocenters. The molecule has 2 aliphatic rings. The second-order valence-electron chi connectivity index (χ2n) is 6.77. The van der Waals surface area contributed by atoms with Gasteiger partial charge in [-0.05, 0) is 23.8 Å². The third-order valence-electron chi connectivity index (χ3n) is 5.05. The molecule has 2 aliphatic heterocycles. The molecule has 1 N–H and O–H groups in total. The SMILES string of the molecule is O=C(c1cc(NCc2ccccc2Cl)ccn1)N1CCC2(CC1)OCCO2. The number of carbonyl (C=O) groups excluding carboxylic acids is 1. The summed E-state index contributed by atoms with van der Waals surface area (Å²) in [6, 6.07) is 11.3. The van der Waals surface area contributed by atoms with Crippen molar-refractivity contribution >= 4 is 23.2 Å². The van der Waals surface area contributed by atoms with Crippen LogP contribution < -0.4 is 5.32 Å². The number of ether oxygens (including phenoxy) is 2. The predicted molar refractivity (Wildman–Crippen MR) is 103 cm³/mol. The Bertz CT molecular complexity index is 814. The van der Waals surface area contributed by atoms with E-state index in [1.54, 1.807) is 12.3 Å². The van der Waals surface area contributed by atoms with E-state index in [0.717, 1.165) is 11.3 Å². The largest absolute Gasteiger partial charge is 0.381 e. The maximum Gasteiger partial charge on any atom is 0.272 e. The van der Waals surface area contributed by atoms with Gasteiger partial charge in [-0.2, -0.15) is 0 Å². The lowest BCUT2D eigenvalue weighted by molar-refractivity contribution is -0.181. The second kappa shape index (κ2) is 7.84. The van der Waals surface area contributed by atoms with Gasteiger partial charge in [-0.15, -0.1) is 0 Å². The van der Waals surface area contributed by atoms with Gasteiger partial charge in [0.1, 0.15) is 5.69 Å². The lowest BCUT2D eigenvalue weighted by Crippen LogP contribution is -2.47. The summed E-state index contributed by atoms with van der Waals surface area (Å²) in [7, 11) is 0. The number of hydrogen-bond donors (Lipinski definition) is 1. The van der Waals surface area contributed by atoms with E-state index >= 15 is 0 Å². The highest BCUT2D eigenvalue weighted by atomic mass is 35.5. The van der Waals surface area contributed by atoms with Crippen LogP contribution >= 0.6 is 11.6 Å². The highest BCUT2D eigenvalue weighted by molar-refractivity contribution is 6.31. The minimum atomic E-state index is -0.484. The first kappa shape index (κ1) is 18.2. The number of aromatic nitrogens is 1. The van der Waals surface area contributed by atoms with E-state index in [4.69, 9.17) is 21.1 Å². The van der Waals surface area contributed by atoms with Crippen LogP contribution in [-0.2, 0) is 16.0 Å². The van der Waals surface area contributed by atoms with E-state index in [2.05, 4.69) is 10.3 Å². The average Bonchev–Trinajstić information content (AvgIpc) is 3.16. The van der Waals surface area contributed by atoms with Crippen LogP contribution in [0.25, 0.3) is 0 Å². The van der Waals surface area contributed by atoms with Crippen LogP contribution in [-0.4, -0.2) is 47.9 Å². The molecule has 4 rings (SSSR count). The molecule has 0 radical (unpaired) electrons. The normalized spacial score (nSPS) is 18.6. The molecule has 1 spiro atoms. The summed E-state index contributed by atoms with van der Waals surface area (Å²) in [4.78, 5) is 18.9. The van der Waals surface area contributed by atoms with E-state index in [9.17, 15) is 4.79 Å². The Morgan fingerprint density at radius 2 is 1.93 bits per heavy atom. The molecule has 0 bridgehead atoms. The number of benzene rings is 1. The van der Waals surface area contributed by atoms with Gasteiger partial charge in [0.15, 0.2) is 5.79 Å². The zero-order chi connectivity index (χ0) is 18.7. The maximum absolute atomic E-state index is 12.8. The van der Waals surface area contributed by atoms with Crippen LogP contribution in [0.5, 0.6) is 0 Å². The van der Waals surface area contributed by atoms with Crippen LogP contribution in [0.2, 0.25) is 5.02 Å². The molecule has 2 aromatic rings. The predicted octanol–water partition coefficient (Wildman–Crippen LogP) is 3.33. The van der Waals surface area contributed by atoms with Crippen molar-refractivity contribution in [1.29, 1.82) is 0 Å². The number of halogens is 1. The minimum absolute atomic E-state index is 0.0655. The summed E-state index contributed by atoms with van der Waals surface area (Å²) in [5, 5.41) is 4.02. The Morgan fingerprint density at radius 1 is 1.19 bits per heavy atom. The fourth-order valence-corrected chi connectivity index (χ4v) is 3.70. The molecule has 3 heterocycles. The van der Waals surface area contributed by atoms with Crippen molar-refractivity contribution < 1.29 is 14.3 Å². The number of pyridine rings is 1. The average molecular weight is 388 g/mol. The van der Waals surface area contributed by atoms with Crippen molar-refractivity contribution in [2.24, 2.45) is 0 Å². The zero-order valence-corrected chi connectivity index (χ0v) is 15.7. The van der Waals surface area contributed by atoms with E-state index in [0.29, 0.717) is 56.4 Å². The van der Waals surface area contributed by atoms with Crippen molar-refractivity contribution in [1.82, 2.24) is 9.88 Å². The summed E-state index contributed by atoms with van der Waals surface area (Å²) < 4.78 is 11.4. The summed E-state index contributed by atoms with van der Waals surface area (Å²) in [6.07, 6.45) is 3.04. The molecule has 1 aromatic heterocycles. The molecular weight excluding hydrogens is 366 g/mol. The third kappa shape index (κ3) is 4.08. The lowest BCUT2D eigenvalue weighted by Gasteiger charge is -2.37. The van der Waals surface area contributed by atoms with Gasteiger partial charge >= 0.3 is 0 Å². The van der Waals surface area contributed by atoms with Gasteiger partial charge in [0.25, 0.3) is 5.91 Å². The standard InChI is InChI=1S/C20H22ClN3O3/c21-17-4-2-1-3-15(17)14-23-16-5-8-22-18(13-16)19(25)24-9-6-20(7-10-24)26-11-12-27-20/h1-5,8,13H,6-7,9-12,14H2,(H,22,23). The summed E-state index contributed by atoms with van der Waals surface area (Å²) in [5.74, 6) is -0.549. The molecule has 0 unspecified atom stereocenters. The number of anilines is 1. The second-order valence-corrected chi connectivity index (χ2v) is 7.18. The Morgan fingerprint density at radius 3 is 2.67 bits per heavy atom. The molecule has 142 valence electrons. The summed E-state index contributed by atoms with van der Waals surface area (Å²) in [5.41, 5.74) is 2.27. The van der Waals surface area contributed by atoms with Crippen LogP contribution in [0.3, 0.4) is 0 Å². The third-order valence-corrected chi connectivity index (χ3v) is 5.41. The smallest absolute Gasteiger partial charge is 0.272 e. The molecule has 0 aliphatic carbocycles. The molecule has 27 heavy (non-hydrogen) atoms. The Hall–Kier alpha value is -2.15. The first-order valence-electron chi connectivity index (χ1n) is 9.16. The van der Waals surface area contributed by atoms with Crippen molar-refractivity contribution in [3.05, 3.63) is 58.9 Å². The Kier molecular flexibility index (Phi) is 5.29. The lowest BCUT2D eigenvalue weighted by atomic mass is 10.0. The number of rotatable bonds is 4. The van der Waals surface area contributed by atoms with Gasteiger partial charge in [-0.1, -0.05) is 29.8 Å². The Labute approximate surface area is 163 Å². The fourth-order valence-electron chi connectivity index (χ4n) is 3.49. The van der Waals surface area contributed by atoms with Gasteiger partial charge in [0.05, 0.1) is 13.2 Å². The quantitative estimate of drug-likeness (QED) is 0.871. The minimum Gasteiger partial charge on any atom is -0.381 e. The van der Waals surface area contributed by atoms with Gasteiger partial charge in [-0.3, -0.25) is 9.78 Å². The fraction of sp³-hybridized carbons (Fsp3) is 0.400. The van der Waals surface area contributed by atoms with Crippen molar-refractivity contribution in [2.75, 3.05) is 31.6 Å². The molecule has 7 heteroatoms. The van der Waals surface area contributed by atoms with Crippen molar-refractivity contribution in [3.63, 3.8) is 0 Å². The number of piperidine rings is 1. The van der Waals surface area contributed by atoms with Gasteiger partial charge < -0.3 is 19.7 Å². The number of nitrogens with zero attached hydrogens (tertiary/aromatic N) is 2. The van der Waals surface area contributed by atoms with E-state index in [-0.39, 0.29) is 5.91 Å². The number of nitrogens with one attached hydrogen (secondary N) is 1. The monoisotopic (exact) mass is 387 g/mol. The summed E-state index contributed by atoms with van der Waals surface area (Å²) in [6.45, 7) is 3.07. The van der Waals surface area contributed by atoms with Crippen molar-refractivity contribution in [2.45, 2.75) is 25.2 Å². The molecule has 1 amide bonds. The molecule has 2 fully saturated rings. The first-order chi connectivity index (χ1) is 13.2. The number of hydrogen-bond acceptors (Lipinski definition) is 5. The number of likely N-dealkylation sites (tertiary alicyclic amines) is 1. The van der Waals surface area contributed by atoms with E-state index in [1.807, 2.05) is 35.2 Å². The molecule has 2 saturated heterocycles. The molecular formula is C20H22ClN3O3. The first-order valence-corrected chi connectivity index (χ1v) is 9.54.